The summed E-state index contributed by atoms with van der Waals surface area (Å²) in [6.45, 7) is 2.61. The summed E-state index contributed by atoms with van der Waals surface area (Å²) in [5, 5.41) is 8.36. The summed E-state index contributed by atoms with van der Waals surface area (Å²) in [5.74, 6) is -0.351. The van der Waals surface area contributed by atoms with Crippen LogP contribution in [0.2, 0.25) is 0 Å². The highest BCUT2D eigenvalue weighted by molar-refractivity contribution is 7.09. The number of rotatable bonds is 3. The number of nitrogens with one attached hydrogen (secondary N) is 2. The first-order valence-electron chi connectivity index (χ1n) is 6.33. The molecule has 1 saturated heterocycles. The third-order valence-electron chi connectivity index (χ3n) is 2.89. The Morgan fingerprint density at radius 1 is 1.58 bits per heavy atom. The average molecular weight is 279 g/mol. The maximum Gasteiger partial charge on any atom is 0.244 e. The fourth-order valence-corrected chi connectivity index (χ4v) is 2.50. The van der Waals surface area contributed by atoms with Crippen molar-refractivity contribution in [1.29, 1.82) is 0 Å². The van der Waals surface area contributed by atoms with Crippen molar-refractivity contribution in [2.75, 3.05) is 6.54 Å². The summed E-state index contributed by atoms with van der Waals surface area (Å²) in [7, 11) is 0. The second-order valence-electron chi connectivity index (χ2n) is 4.47. The SMILES string of the molecule is Cc1nc(/C=C/C(=O)N[C@@H]2CCCCNC2=O)cs1. The number of hydrogen-bond acceptors (Lipinski definition) is 4. The Morgan fingerprint density at radius 2 is 2.42 bits per heavy atom. The summed E-state index contributed by atoms with van der Waals surface area (Å²) in [6.07, 6.45) is 5.69. The zero-order valence-electron chi connectivity index (χ0n) is 10.8. The van der Waals surface area contributed by atoms with E-state index in [-0.39, 0.29) is 11.8 Å². The molecule has 0 unspecified atom stereocenters. The molecule has 2 amide bonds. The van der Waals surface area contributed by atoms with Crippen LogP contribution in [0.5, 0.6) is 0 Å². The van der Waals surface area contributed by atoms with Gasteiger partial charge in [0.25, 0.3) is 0 Å². The zero-order chi connectivity index (χ0) is 13.7. The predicted octanol–water partition coefficient (Wildman–Crippen LogP) is 1.25. The summed E-state index contributed by atoms with van der Waals surface area (Å²) >= 11 is 1.54. The van der Waals surface area contributed by atoms with Gasteiger partial charge < -0.3 is 10.6 Å². The highest BCUT2D eigenvalue weighted by Crippen LogP contribution is 2.09. The van der Waals surface area contributed by atoms with Gasteiger partial charge in [0, 0.05) is 18.0 Å². The average Bonchev–Trinajstić information content (AvgIpc) is 2.69. The zero-order valence-corrected chi connectivity index (χ0v) is 11.6. The number of carbonyl (C=O) groups excluding carboxylic acids is 2. The Morgan fingerprint density at radius 3 is 3.16 bits per heavy atom. The van der Waals surface area contributed by atoms with Gasteiger partial charge in [-0.15, -0.1) is 11.3 Å². The van der Waals surface area contributed by atoms with E-state index in [9.17, 15) is 9.59 Å². The van der Waals surface area contributed by atoms with E-state index < -0.39 is 6.04 Å². The van der Waals surface area contributed by atoms with Gasteiger partial charge in [0.2, 0.25) is 11.8 Å². The number of aryl methyl sites for hydroxylation is 1. The van der Waals surface area contributed by atoms with E-state index in [0.29, 0.717) is 13.0 Å². The molecule has 5 nitrogen and oxygen atoms in total. The number of aromatic nitrogens is 1. The normalized spacial score (nSPS) is 20.1. The third kappa shape index (κ3) is 4.17. The van der Waals surface area contributed by atoms with Gasteiger partial charge in [0.15, 0.2) is 0 Å². The molecule has 0 saturated carbocycles. The number of thiazole rings is 1. The van der Waals surface area contributed by atoms with Crippen LogP contribution in [0.3, 0.4) is 0 Å². The van der Waals surface area contributed by atoms with Crippen molar-refractivity contribution < 1.29 is 9.59 Å². The molecule has 19 heavy (non-hydrogen) atoms. The highest BCUT2D eigenvalue weighted by Gasteiger charge is 2.21. The lowest BCUT2D eigenvalue weighted by Gasteiger charge is -2.13. The molecule has 0 aliphatic carbocycles. The van der Waals surface area contributed by atoms with Crippen molar-refractivity contribution in [3.05, 3.63) is 22.2 Å². The minimum atomic E-state index is -0.420. The van der Waals surface area contributed by atoms with Crippen LogP contribution in [0.1, 0.15) is 30.0 Å². The van der Waals surface area contributed by atoms with Crippen molar-refractivity contribution in [3.8, 4) is 0 Å². The quantitative estimate of drug-likeness (QED) is 0.818. The topological polar surface area (TPSA) is 71.1 Å². The minimum Gasteiger partial charge on any atom is -0.354 e. The Kier molecular flexibility index (Phi) is 4.68. The van der Waals surface area contributed by atoms with E-state index >= 15 is 0 Å². The van der Waals surface area contributed by atoms with Gasteiger partial charge >= 0.3 is 0 Å². The molecule has 2 heterocycles. The molecule has 0 spiro atoms. The van der Waals surface area contributed by atoms with E-state index in [1.807, 2.05) is 12.3 Å². The number of amides is 2. The van der Waals surface area contributed by atoms with Crippen molar-refractivity contribution in [2.24, 2.45) is 0 Å². The van der Waals surface area contributed by atoms with Crippen LogP contribution < -0.4 is 10.6 Å². The Labute approximate surface area is 116 Å². The molecule has 1 fully saturated rings. The summed E-state index contributed by atoms with van der Waals surface area (Å²) < 4.78 is 0. The van der Waals surface area contributed by atoms with Crippen molar-refractivity contribution in [2.45, 2.75) is 32.2 Å². The fourth-order valence-electron chi connectivity index (χ4n) is 1.91. The second kappa shape index (κ2) is 6.47. The van der Waals surface area contributed by atoms with Crippen molar-refractivity contribution in [1.82, 2.24) is 15.6 Å². The van der Waals surface area contributed by atoms with E-state index in [4.69, 9.17) is 0 Å². The first kappa shape index (κ1) is 13.7. The number of hydrogen-bond donors (Lipinski definition) is 2. The van der Waals surface area contributed by atoms with Crippen molar-refractivity contribution in [3.63, 3.8) is 0 Å². The number of carbonyl (C=O) groups is 2. The molecule has 6 heteroatoms. The molecule has 1 aliphatic rings. The summed E-state index contributed by atoms with van der Waals surface area (Å²) in [4.78, 5) is 27.6. The van der Waals surface area contributed by atoms with Gasteiger partial charge in [-0.25, -0.2) is 4.98 Å². The Hall–Kier alpha value is -1.69. The van der Waals surface area contributed by atoms with Gasteiger partial charge in [-0.3, -0.25) is 9.59 Å². The van der Waals surface area contributed by atoms with Crippen LogP contribution in [0, 0.1) is 6.92 Å². The van der Waals surface area contributed by atoms with Gasteiger partial charge in [-0.1, -0.05) is 0 Å². The molecular formula is C13H17N3O2S. The lowest BCUT2D eigenvalue weighted by Crippen LogP contribution is -2.44. The summed E-state index contributed by atoms with van der Waals surface area (Å²) in [6, 6.07) is -0.420. The summed E-state index contributed by atoms with van der Waals surface area (Å²) in [5.41, 5.74) is 0.767. The predicted molar refractivity (Wildman–Crippen MR) is 74.7 cm³/mol. The lowest BCUT2D eigenvalue weighted by molar-refractivity contribution is -0.126. The number of nitrogens with zero attached hydrogens (tertiary/aromatic N) is 1. The van der Waals surface area contributed by atoms with Crippen LogP contribution >= 0.6 is 11.3 Å². The van der Waals surface area contributed by atoms with Crippen LogP contribution in [-0.2, 0) is 9.59 Å². The van der Waals surface area contributed by atoms with Gasteiger partial charge in [0.05, 0.1) is 10.7 Å². The van der Waals surface area contributed by atoms with E-state index in [2.05, 4.69) is 15.6 Å². The molecular weight excluding hydrogens is 262 g/mol. The standard InChI is InChI=1S/C13H17N3O2S/c1-9-15-10(8-19-9)5-6-12(17)16-11-4-2-3-7-14-13(11)18/h5-6,8,11H,2-4,7H2,1H3,(H,14,18)(H,16,17)/b6-5+/t11-/m1/s1. The third-order valence-corrected chi connectivity index (χ3v) is 3.69. The molecule has 0 bridgehead atoms. The van der Waals surface area contributed by atoms with Crippen LogP contribution in [0.25, 0.3) is 6.08 Å². The molecule has 1 aromatic heterocycles. The highest BCUT2D eigenvalue weighted by atomic mass is 32.1. The molecule has 2 rings (SSSR count). The van der Waals surface area contributed by atoms with Crippen LogP contribution in [-0.4, -0.2) is 29.4 Å². The molecule has 1 atom stereocenters. The lowest BCUT2D eigenvalue weighted by atomic mass is 10.1. The Bertz CT molecular complexity index is 496. The van der Waals surface area contributed by atoms with Crippen LogP contribution in [0.15, 0.2) is 11.5 Å². The van der Waals surface area contributed by atoms with Crippen molar-refractivity contribution >= 4 is 29.2 Å². The molecule has 1 aromatic rings. The molecule has 2 N–H and O–H groups in total. The van der Waals surface area contributed by atoms with Gasteiger partial charge in [-0.2, -0.15) is 0 Å². The second-order valence-corrected chi connectivity index (χ2v) is 5.53. The Balaban J connectivity index is 1.89. The van der Waals surface area contributed by atoms with E-state index in [1.165, 1.54) is 17.4 Å². The maximum atomic E-state index is 11.7. The van der Waals surface area contributed by atoms with E-state index in [0.717, 1.165) is 23.5 Å². The smallest absolute Gasteiger partial charge is 0.244 e. The van der Waals surface area contributed by atoms with Crippen LogP contribution in [0.4, 0.5) is 0 Å². The molecule has 0 radical (unpaired) electrons. The first-order chi connectivity index (χ1) is 9.15. The fraction of sp³-hybridized carbons (Fsp3) is 0.462. The maximum absolute atomic E-state index is 11.7. The molecule has 1 aliphatic heterocycles. The molecule has 0 aromatic carbocycles. The monoisotopic (exact) mass is 279 g/mol. The van der Waals surface area contributed by atoms with Gasteiger partial charge in [0.1, 0.15) is 6.04 Å². The molecule has 102 valence electrons. The van der Waals surface area contributed by atoms with E-state index in [1.54, 1.807) is 6.08 Å². The largest absolute Gasteiger partial charge is 0.354 e. The first-order valence-corrected chi connectivity index (χ1v) is 7.21. The minimum absolute atomic E-state index is 0.0937. The van der Waals surface area contributed by atoms with Gasteiger partial charge in [-0.05, 0) is 32.3 Å².